The fourth-order valence-electron chi connectivity index (χ4n) is 3.08. The molecule has 21 heavy (non-hydrogen) atoms. The first kappa shape index (κ1) is 14.4. The van der Waals surface area contributed by atoms with Crippen LogP contribution in [0.5, 0.6) is 0 Å². The van der Waals surface area contributed by atoms with Gasteiger partial charge in [0.15, 0.2) is 0 Å². The van der Waals surface area contributed by atoms with Crippen LogP contribution in [0, 0.1) is 11.3 Å². The number of para-hydroxylation sites is 1. The average molecular weight is 304 g/mol. The number of ether oxygens (including phenoxy) is 1. The van der Waals surface area contributed by atoms with Crippen LogP contribution in [-0.2, 0) is 4.74 Å². The Morgan fingerprint density at radius 2 is 2.29 bits per heavy atom. The molecule has 1 aliphatic rings. The second kappa shape index (κ2) is 5.67. The van der Waals surface area contributed by atoms with Gasteiger partial charge in [0.1, 0.15) is 17.4 Å². The molecule has 3 atom stereocenters. The van der Waals surface area contributed by atoms with E-state index in [0.717, 1.165) is 36.3 Å². The Balaban J connectivity index is 2.19. The van der Waals surface area contributed by atoms with E-state index in [1.807, 2.05) is 19.1 Å². The topological polar surface area (TPSA) is 50.8 Å². The minimum Gasteiger partial charge on any atom is -0.376 e. The van der Waals surface area contributed by atoms with Gasteiger partial charge in [-0.15, -0.1) is 11.6 Å². The molecule has 1 saturated heterocycles. The summed E-state index contributed by atoms with van der Waals surface area (Å²) < 4.78 is 7.96. The molecule has 1 aromatic carbocycles. The molecule has 0 bridgehead atoms. The van der Waals surface area contributed by atoms with Crippen molar-refractivity contribution in [2.45, 2.75) is 44.2 Å². The predicted octanol–water partition coefficient (Wildman–Crippen LogP) is 3.95. The van der Waals surface area contributed by atoms with Gasteiger partial charge in [-0.2, -0.15) is 5.26 Å². The second-order valence-electron chi connectivity index (χ2n) is 5.53. The van der Waals surface area contributed by atoms with E-state index in [9.17, 15) is 5.26 Å². The molecule has 1 aromatic heterocycles. The fraction of sp³-hybridized carbons (Fsp3) is 0.500. The zero-order valence-electron chi connectivity index (χ0n) is 12.2. The lowest BCUT2D eigenvalue weighted by molar-refractivity contribution is 0.0736. The highest BCUT2D eigenvalue weighted by Crippen LogP contribution is 2.33. The first-order valence-electron chi connectivity index (χ1n) is 7.30. The molecular weight excluding hydrogens is 286 g/mol. The number of rotatable bonds is 3. The van der Waals surface area contributed by atoms with E-state index in [-0.39, 0.29) is 17.5 Å². The van der Waals surface area contributed by atoms with Crippen molar-refractivity contribution < 1.29 is 4.74 Å². The van der Waals surface area contributed by atoms with Crippen LogP contribution in [-0.4, -0.2) is 22.3 Å². The summed E-state index contributed by atoms with van der Waals surface area (Å²) in [5.74, 6) is 0.803. The van der Waals surface area contributed by atoms with Crippen molar-refractivity contribution in [3.8, 4) is 6.07 Å². The van der Waals surface area contributed by atoms with Crippen LogP contribution >= 0.6 is 11.6 Å². The smallest absolute Gasteiger partial charge is 0.128 e. The molecule has 2 aromatic rings. The van der Waals surface area contributed by atoms with Gasteiger partial charge in [0.25, 0.3) is 0 Å². The number of nitriles is 1. The standard InChI is InChI=1S/C16H18ClN3O/c1-10(17)16-19-15-12(9-18)5-3-6-13(15)20(16)11(2)14-7-4-8-21-14/h3,5-6,10-11,14H,4,7-8H2,1-2H3. The average Bonchev–Trinajstić information content (AvgIpc) is 3.13. The van der Waals surface area contributed by atoms with E-state index in [1.165, 1.54) is 0 Å². The van der Waals surface area contributed by atoms with Gasteiger partial charge in [-0.25, -0.2) is 4.98 Å². The van der Waals surface area contributed by atoms with Crippen molar-refractivity contribution >= 4 is 22.6 Å². The van der Waals surface area contributed by atoms with Crippen molar-refractivity contribution in [1.29, 1.82) is 5.26 Å². The lowest BCUT2D eigenvalue weighted by Crippen LogP contribution is -2.22. The van der Waals surface area contributed by atoms with E-state index >= 15 is 0 Å². The highest BCUT2D eigenvalue weighted by molar-refractivity contribution is 6.20. The Bertz CT molecular complexity index is 695. The molecule has 0 amide bonds. The summed E-state index contributed by atoms with van der Waals surface area (Å²) in [6.45, 7) is 4.86. The number of hydrogen-bond acceptors (Lipinski definition) is 3. The maximum atomic E-state index is 9.27. The Labute approximate surface area is 129 Å². The van der Waals surface area contributed by atoms with E-state index in [1.54, 1.807) is 6.07 Å². The fourth-order valence-corrected chi connectivity index (χ4v) is 3.24. The van der Waals surface area contributed by atoms with Crippen molar-refractivity contribution in [3.05, 3.63) is 29.6 Å². The molecule has 1 fully saturated rings. The van der Waals surface area contributed by atoms with Crippen molar-refractivity contribution in [2.75, 3.05) is 6.61 Å². The number of alkyl halides is 1. The third kappa shape index (κ3) is 2.41. The van der Waals surface area contributed by atoms with E-state index < -0.39 is 0 Å². The van der Waals surface area contributed by atoms with Crippen molar-refractivity contribution in [1.82, 2.24) is 9.55 Å². The molecule has 0 aliphatic carbocycles. The van der Waals surface area contributed by atoms with Crippen LogP contribution in [0.2, 0.25) is 0 Å². The summed E-state index contributed by atoms with van der Waals surface area (Å²) >= 11 is 6.32. The van der Waals surface area contributed by atoms with Crippen LogP contribution in [0.3, 0.4) is 0 Å². The summed E-state index contributed by atoms with van der Waals surface area (Å²) in [5.41, 5.74) is 2.27. The molecule has 0 spiro atoms. The van der Waals surface area contributed by atoms with Crippen molar-refractivity contribution in [3.63, 3.8) is 0 Å². The van der Waals surface area contributed by atoms with Gasteiger partial charge in [-0.1, -0.05) is 6.07 Å². The van der Waals surface area contributed by atoms with E-state index in [4.69, 9.17) is 16.3 Å². The van der Waals surface area contributed by atoms with Gasteiger partial charge in [0.05, 0.1) is 28.6 Å². The van der Waals surface area contributed by atoms with E-state index in [0.29, 0.717) is 5.56 Å². The molecular formula is C16H18ClN3O. The quantitative estimate of drug-likeness (QED) is 0.807. The summed E-state index contributed by atoms with van der Waals surface area (Å²) in [6, 6.07) is 8.04. The zero-order chi connectivity index (χ0) is 15.0. The molecule has 3 rings (SSSR count). The lowest BCUT2D eigenvalue weighted by atomic mass is 10.1. The van der Waals surface area contributed by atoms with Gasteiger partial charge < -0.3 is 9.30 Å². The summed E-state index contributed by atoms with van der Waals surface area (Å²) in [4.78, 5) is 4.63. The zero-order valence-corrected chi connectivity index (χ0v) is 13.0. The largest absolute Gasteiger partial charge is 0.376 e. The summed E-state index contributed by atoms with van der Waals surface area (Å²) in [6.07, 6.45) is 2.33. The number of hydrogen-bond donors (Lipinski definition) is 0. The molecule has 3 unspecified atom stereocenters. The van der Waals surface area contributed by atoms with Gasteiger partial charge in [0, 0.05) is 6.61 Å². The third-order valence-electron chi connectivity index (χ3n) is 4.13. The maximum Gasteiger partial charge on any atom is 0.128 e. The molecule has 1 aliphatic heterocycles. The minimum atomic E-state index is -0.215. The third-order valence-corrected chi connectivity index (χ3v) is 4.33. The number of aromatic nitrogens is 2. The van der Waals surface area contributed by atoms with Gasteiger partial charge >= 0.3 is 0 Å². The Morgan fingerprint density at radius 3 is 2.90 bits per heavy atom. The van der Waals surface area contributed by atoms with Crippen LogP contribution < -0.4 is 0 Å². The van der Waals surface area contributed by atoms with Crippen LogP contribution in [0.25, 0.3) is 11.0 Å². The molecule has 5 heteroatoms. The SMILES string of the molecule is CC(Cl)c1nc2c(C#N)cccc2n1C(C)C1CCCO1. The van der Waals surface area contributed by atoms with Gasteiger partial charge in [-0.3, -0.25) is 0 Å². The van der Waals surface area contributed by atoms with Gasteiger partial charge in [0.2, 0.25) is 0 Å². The first-order valence-corrected chi connectivity index (χ1v) is 7.73. The number of imidazole rings is 1. The Kier molecular flexibility index (Phi) is 3.88. The summed E-state index contributed by atoms with van der Waals surface area (Å²) in [5, 5.41) is 9.05. The molecule has 110 valence electrons. The molecule has 0 saturated carbocycles. The highest BCUT2D eigenvalue weighted by Gasteiger charge is 2.28. The molecule has 0 radical (unpaired) electrons. The monoisotopic (exact) mass is 303 g/mol. The Morgan fingerprint density at radius 1 is 1.48 bits per heavy atom. The normalized spacial score (nSPS) is 21.3. The molecule has 0 N–H and O–H groups in total. The number of halogens is 1. The van der Waals surface area contributed by atoms with Crippen molar-refractivity contribution in [2.24, 2.45) is 0 Å². The predicted molar refractivity (Wildman–Crippen MR) is 82.4 cm³/mol. The number of benzene rings is 1. The number of nitrogens with zero attached hydrogens (tertiary/aromatic N) is 3. The Hall–Kier alpha value is -1.57. The molecule has 4 nitrogen and oxygen atoms in total. The first-order chi connectivity index (χ1) is 10.1. The minimum absolute atomic E-state index is 0.155. The van der Waals surface area contributed by atoms with Gasteiger partial charge in [-0.05, 0) is 38.8 Å². The van der Waals surface area contributed by atoms with Crippen LogP contribution in [0.1, 0.15) is 49.5 Å². The summed E-state index contributed by atoms with van der Waals surface area (Å²) in [7, 11) is 0. The van der Waals surface area contributed by atoms with Crippen LogP contribution in [0.15, 0.2) is 18.2 Å². The number of fused-ring (bicyclic) bond motifs is 1. The maximum absolute atomic E-state index is 9.27. The second-order valence-corrected chi connectivity index (χ2v) is 6.19. The van der Waals surface area contributed by atoms with Crippen LogP contribution in [0.4, 0.5) is 0 Å². The lowest BCUT2D eigenvalue weighted by Gasteiger charge is -2.23. The van der Waals surface area contributed by atoms with E-state index in [2.05, 4.69) is 22.5 Å². The molecule has 2 heterocycles. The highest BCUT2D eigenvalue weighted by atomic mass is 35.5.